The molecule has 0 bridgehead atoms. The van der Waals surface area contributed by atoms with Crippen molar-refractivity contribution in [3.05, 3.63) is 44.3 Å². The van der Waals surface area contributed by atoms with Crippen molar-refractivity contribution in [1.82, 2.24) is 5.16 Å². The number of nitrogens with zero attached hydrogens (tertiary/aromatic N) is 1. The van der Waals surface area contributed by atoms with Gasteiger partial charge < -0.3 is 10.3 Å². The highest BCUT2D eigenvalue weighted by Crippen LogP contribution is 2.40. The van der Waals surface area contributed by atoms with Crippen molar-refractivity contribution in [1.29, 1.82) is 0 Å². The van der Waals surface area contributed by atoms with Gasteiger partial charge >= 0.3 is 0 Å². The van der Waals surface area contributed by atoms with E-state index in [0.29, 0.717) is 11.3 Å². The summed E-state index contributed by atoms with van der Waals surface area (Å²) >= 11 is 10.7. The van der Waals surface area contributed by atoms with Gasteiger partial charge in [-0.05, 0) is 28.1 Å². The average Bonchev–Trinajstić information content (AvgIpc) is 2.99. The Labute approximate surface area is 131 Å². The van der Waals surface area contributed by atoms with Gasteiger partial charge in [0.05, 0.1) is 14.4 Å². The summed E-state index contributed by atoms with van der Waals surface area (Å²) < 4.78 is 20.1. The molecule has 0 aliphatic rings. The number of hydrogen-bond donors (Lipinski definition) is 1. The average molecular weight is 374 g/mol. The van der Waals surface area contributed by atoms with Crippen molar-refractivity contribution >= 4 is 44.8 Å². The van der Waals surface area contributed by atoms with Crippen LogP contribution in [0.5, 0.6) is 0 Å². The third kappa shape index (κ3) is 2.24. The number of nitrogen functional groups attached to an aromatic ring is 1. The second-order valence-corrected chi connectivity index (χ2v) is 6.71. The molecule has 2 heterocycles. The molecule has 0 radical (unpaired) electrons. The van der Waals surface area contributed by atoms with E-state index in [9.17, 15) is 4.39 Å². The third-order valence-electron chi connectivity index (χ3n) is 2.78. The molecule has 0 atom stereocenters. The molecule has 0 aliphatic carbocycles. The highest BCUT2D eigenvalue weighted by molar-refractivity contribution is 9.11. The maximum absolute atomic E-state index is 14.2. The van der Waals surface area contributed by atoms with Gasteiger partial charge in [0.2, 0.25) is 5.88 Å². The Kier molecular flexibility index (Phi) is 3.54. The lowest BCUT2D eigenvalue weighted by atomic mass is 10.0. The molecular formula is C13H7BrClFN2OS. The van der Waals surface area contributed by atoms with Gasteiger partial charge in [0.1, 0.15) is 11.5 Å². The van der Waals surface area contributed by atoms with E-state index in [0.717, 1.165) is 9.35 Å². The Bertz CT molecular complexity index is 787. The molecule has 3 aromatic rings. The number of aromatic nitrogens is 1. The molecule has 0 amide bonds. The number of anilines is 1. The Hall–Kier alpha value is -1.37. The first-order valence-electron chi connectivity index (χ1n) is 5.52. The monoisotopic (exact) mass is 372 g/mol. The van der Waals surface area contributed by atoms with Gasteiger partial charge in [-0.3, -0.25) is 0 Å². The number of hydrogen-bond acceptors (Lipinski definition) is 4. The Balaban J connectivity index is 2.24. The van der Waals surface area contributed by atoms with E-state index in [1.165, 1.54) is 17.4 Å². The minimum atomic E-state index is -0.542. The third-order valence-corrected chi connectivity index (χ3v) is 4.58. The minimum absolute atomic E-state index is 0.0283. The van der Waals surface area contributed by atoms with Crippen LogP contribution < -0.4 is 5.73 Å². The van der Waals surface area contributed by atoms with Crippen molar-refractivity contribution in [2.75, 3.05) is 5.73 Å². The van der Waals surface area contributed by atoms with Crippen molar-refractivity contribution < 1.29 is 8.91 Å². The van der Waals surface area contributed by atoms with E-state index in [-0.39, 0.29) is 16.5 Å². The zero-order chi connectivity index (χ0) is 14.3. The van der Waals surface area contributed by atoms with Crippen molar-refractivity contribution in [3.63, 3.8) is 0 Å². The van der Waals surface area contributed by atoms with Crippen LogP contribution in [-0.4, -0.2) is 5.16 Å². The van der Waals surface area contributed by atoms with Crippen LogP contribution in [0, 0.1) is 5.82 Å². The SMILES string of the molecule is Nc1onc(-c2csc(Br)c2)c1-c1cccc(Cl)c1F. The first-order valence-corrected chi connectivity index (χ1v) is 7.57. The van der Waals surface area contributed by atoms with Crippen LogP contribution in [0.15, 0.2) is 38.0 Å². The number of benzene rings is 1. The summed E-state index contributed by atoms with van der Waals surface area (Å²) in [5, 5.41) is 5.83. The maximum atomic E-state index is 14.2. The summed E-state index contributed by atoms with van der Waals surface area (Å²) in [7, 11) is 0. The standard InChI is InChI=1S/C13H7BrClFN2OS/c14-9-4-6(5-20-9)12-10(13(17)19-18-12)7-2-1-3-8(15)11(7)16/h1-5H,17H2. The van der Waals surface area contributed by atoms with Gasteiger partial charge in [-0.2, -0.15) is 0 Å². The largest absolute Gasteiger partial charge is 0.367 e. The fraction of sp³-hybridized carbons (Fsp3) is 0. The van der Waals surface area contributed by atoms with Crippen molar-refractivity contribution in [2.24, 2.45) is 0 Å². The highest BCUT2D eigenvalue weighted by atomic mass is 79.9. The molecule has 0 aliphatic heterocycles. The predicted molar refractivity (Wildman–Crippen MR) is 82.3 cm³/mol. The zero-order valence-corrected chi connectivity index (χ0v) is 13.0. The van der Waals surface area contributed by atoms with E-state index in [1.807, 2.05) is 11.4 Å². The summed E-state index contributed by atoms with van der Waals surface area (Å²) in [6.45, 7) is 0. The second-order valence-electron chi connectivity index (χ2n) is 4.01. The molecule has 1 aromatic carbocycles. The molecule has 0 spiro atoms. The lowest BCUT2D eigenvalue weighted by Gasteiger charge is -2.04. The van der Waals surface area contributed by atoms with Gasteiger partial charge in [-0.25, -0.2) is 4.39 Å². The highest BCUT2D eigenvalue weighted by Gasteiger charge is 2.21. The lowest BCUT2D eigenvalue weighted by molar-refractivity contribution is 0.439. The van der Waals surface area contributed by atoms with Gasteiger partial charge in [-0.1, -0.05) is 28.9 Å². The van der Waals surface area contributed by atoms with Crippen molar-refractivity contribution in [3.8, 4) is 22.4 Å². The molecule has 0 unspecified atom stereocenters. The van der Waals surface area contributed by atoms with Crippen LogP contribution in [-0.2, 0) is 0 Å². The van der Waals surface area contributed by atoms with Crippen molar-refractivity contribution in [2.45, 2.75) is 0 Å². The summed E-state index contributed by atoms with van der Waals surface area (Å²) in [6.07, 6.45) is 0. The molecular weight excluding hydrogens is 367 g/mol. The van der Waals surface area contributed by atoms with Gasteiger partial charge in [-0.15, -0.1) is 11.3 Å². The molecule has 3 rings (SSSR count). The van der Waals surface area contributed by atoms with E-state index in [2.05, 4.69) is 21.1 Å². The van der Waals surface area contributed by atoms with Crippen LogP contribution in [0.2, 0.25) is 5.02 Å². The van der Waals surface area contributed by atoms with Crippen LogP contribution in [0.3, 0.4) is 0 Å². The smallest absolute Gasteiger partial charge is 0.230 e. The lowest BCUT2D eigenvalue weighted by Crippen LogP contribution is -1.91. The van der Waals surface area contributed by atoms with E-state index in [4.69, 9.17) is 21.9 Å². The Morgan fingerprint density at radius 2 is 2.20 bits per heavy atom. The quantitative estimate of drug-likeness (QED) is 0.671. The fourth-order valence-corrected chi connectivity index (χ4v) is 3.21. The molecule has 2 aromatic heterocycles. The molecule has 102 valence electrons. The summed E-state index contributed by atoms with van der Waals surface area (Å²) in [5.41, 5.74) is 7.77. The number of halogens is 3. The first-order chi connectivity index (χ1) is 9.58. The van der Waals surface area contributed by atoms with Crippen LogP contribution in [0.4, 0.5) is 10.3 Å². The Morgan fingerprint density at radius 1 is 1.40 bits per heavy atom. The summed E-state index contributed by atoms with van der Waals surface area (Å²) in [4.78, 5) is 0. The molecule has 0 fully saturated rings. The topological polar surface area (TPSA) is 52.0 Å². The van der Waals surface area contributed by atoms with E-state index in [1.54, 1.807) is 12.1 Å². The first kappa shape index (κ1) is 13.6. The maximum Gasteiger partial charge on any atom is 0.230 e. The molecule has 2 N–H and O–H groups in total. The van der Waals surface area contributed by atoms with Crippen LogP contribution in [0.25, 0.3) is 22.4 Å². The molecule has 3 nitrogen and oxygen atoms in total. The van der Waals surface area contributed by atoms with Gasteiger partial charge in [0, 0.05) is 16.5 Å². The normalized spacial score (nSPS) is 10.9. The fourth-order valence-electron chi connectivity index (χ4n) is 1.89. The number of rotatable bonds is 2. The summed E-state index contributed by atoms with van der Waals surface area (Å²) in [5.74, 6) is -0.483. The van der Waals surface area contributed by atoms with Gasteiger partial charge in [0.15, 0.2) is 0 Å². The second kappa shape index (κ2) is 5.20. The van der Waals surface area contributed by atoms with E-state index < -0.39 is 5.82 Å². The van der Waals surface area contributed by atoms with E-state index >= 15 is 0 Å². The molecule has 0 saturated heterocycles. The molecule has 7 heteroatoms. The predicted octanol–water partition coefficient (Wildman–Crippen LogP) is 5.21. The number of thiophene rings is 1. The Morgan fingerprint density at radius 3 is 2.90 bits per heavy atom. The van der Waals surface area contributed by atoms with Crippen LogP contribution in [0.1, 0.15) is 0 Å². The van der Waals surface area contributed by atoms with Gasteiger partial charge in [0.25, 0.3) is 0 Å². The summed E-state index contributed by atoms with van der Waals surface area (Å²) in [6, 6.07) is 6.59. The van der Waals surface area contributed by atoms with Crippen LogP contribution >= 0.6 is 38.9 Å². The number of nitrogens with two attached hydrogens (primary N) is 1. The minimum Gasteiger partial charge on any atom is -0.367 e. The molecule has 20 heavy (non-hydrogen) atoms. The zero-order valence-electron chi connectivity index (χ0n) is 9.86. The molecule has 0 saturated carbocycles.